The normalized spacial score (nSPS) is 17.2. The van der Waals surface area contributed by atoms with E-state index in [9.17, 15) is 10.2 Å². The van der Waals surface area contributed by atoms with E-state index >= 15 is 0 Å². The molecule has 7 nitrogen and oxygen atoms in total. The predicted octanol–water partition coefficient (Wildman–Crippen LogP) is 2.74. The quantitative estimate of drug-likeness (QED) is 0.616. The molecule has 1 aliphatic heterocycles. The molecular weight excluding hydrogens is 366 g/mol. The number of nitriles is 1. The van der Waals surface area contributed by atoms with Crippen molar-refractivity contribution in [3.8, 4) is 23.1 Å². The van der Waals surface area contributed by atoms with Crippen molar-refractivity contribution in [1.29, 1.82) is 5.26 Å². The molecule has 1 aromatic heterocycles. The van der Waals surface area contributed by atoms with Gasteiger partial charge in [-0.05, 0) is 37.6 Å². The first-order valence-electron chi connectivity index (χ1n) is 9.78. The van der Waals surface area contributed by atoms with Crippen LogP contribution in [0.25, 0.3) is 22.0 Å². The maximum absolute atomic E-state index is 10.4. The molecule has 3 aromatic rings. The average Bonchev–Trinajstić information content (AvgIpc) is 2.75. The fourth-order valence-electron chi connectivity index (χ4n) is 3.92. The third kappa shape index (κ3) is 3.99. The van der Waals surface area contributed by atoms with Crippen LogP contribution in [0.1, 0.15) is 18.4 Å². The van der Waals surface area contributed by atoms with Crippen molar-refractivity contribution in [2.75, 3.05) is 31.6 Å². The molecule has 7 heteroatoms. The van der Waals surface area contributed by atoms with Crippen molar-refractivity contribution in [1.82, 2.24) is 15.1 Å². The highest BCUT2D eigenvalue weighted by molar-refractivity contribution is 6.00. The number of fused-ring (bicyclic) bond motifs is 1. The molecule has 1 saturated heterocycles. The minimum atomic E-state index is 0.0103. The molecule has 0 bridgehead atoms. The van der Waals surface area contributed by atoms with Gasteiger partial charge in [0.1, 0.15) is 11.4 Å². The first-order chi connectivity index (χ1) is 14.2. The van der Waals surface area contributed by atoms with E-state index in [1.54, 1.807) is 12.1 Å². The number of phenolic OH excluding ortho intramolecular Hbond substituents is 1. The highest BCUT2D eigenvalue weighted by Crippen LogP contribution is 2.35. The number of hydrogen-bond acceptors (Lipinski definition) is 7. The van der Waals surface area contributed by atoms with Gasteiger partial charge in [-0.1, -0.05) is 24.3 Å². The maximum Gasteiger partial charge on any atom is 0.156 e. The molecule has 0 saturated carbocycles. The monoisotopic (exact) mass is 389 g/mol. The van der Waals surface area contributed by atoms with Gasteiger partial charge < -0.3 is 15.5 Å². The van der Waals surface area contributed by atoms with Crippen LogP contribution >= 0.6 is 0 Å². The number of nitrogens with zero attached hydrogens (tertiary/aromatic N) is 4. The molecule has 1 aliphatic rings. The minimum Gasteiger partial charge on any atom is -0.507 e. The van der Waals surface area contributed by atoms with E-state index in [1.165, 1.54) is 6.07 Å². The molecule has 148 valence electrons. The number of aromatic nitrogens is 2. The van der Waals surface area contributed by atoms with Crippen molar-refractivity contribution in [2.24, 2.45) is 0 Å². The number of nitrogens with one attached hydrogen (secondary N) is 1. The third-order valence-electron chi connectivity index (χ3n) is 5.33. The Morgan fingerprint density at radius 1 is 1.17 bits per heavy atom. The Morgan fingerprint density at radius 2 is 2.00 bits per heavy atom. The second kappa shape index (κ2) is 8.43. The summed E-state index contributed by atoms with van der Waals surface area (Å²) in [4.78, 5) is 2.25. The fourth-order valence-corrected chi connectivity index (χ4v) is 3.92. The Balaban J connectivity index is 1.68. The van der Waals surface area contributed by atoms with Gasteiger partial charge >= 0.3 is 0 Å². The first kappa shape index (κ1) is 19.1. The van der Waals surface area contributed by atoms with Gasteiger partial charge in [-0.3, -0.25) is 4.90 Å². The standard InChI is InChI=1S/C22H23N5O2/c23-13-15-7-8-19(20(29)12-15)21-17-5-1-2-6-18(17)22(26-25-21)24-16-4-3-9-27(14-16)10-11-28/h1-2,5-8,12,16,28-29H,3-4,9-11,14H2,(H,24,26)/t16-/m1/s1. The molecule has 2 heterocycles. The van der Waals surface area contributed by atoms with E-state index in [0.717, 1.165) is 36.7 Å². The summed E-state index contributed by atoms with van der Waals surface area (Å²) in [5, 5.41) is 42.8. The number of β-amino-alcohol motifs (C(OH)–C–C–N with tert-alkyl or cyclic N) is 1. The summed E-state index contributed by atoms with van der Waals surface area (Å²) >= 11 is 0. The number of piperidine rings is 1. The largest absolute Gasteiger partial charge is 0.507 e. The van der Waals surface area contributed by atoms with Gasteiger partial charge in [-0.25, -0.2) is 0 Å². The van der Waals surface area contributed by atoms with Crippen molar-refractivity contribution in [2.45, 2.75) is 18.9 Å². The lowest BCUT2D eigenvalue weighted by Crippen LogP contribution is -2.43. The summed E-state index contributed by atoms with van der Waals surface area (Å²) in [5.41, 5.74) is 1.52. The van der Waals surface area contributed by atoms with Crippen molar-refractivity contribution < 1.29 is 10.2 Å². The summed E-state index contributed by atoms with van der Waals surface area (Å²) in [5.74, 6) is 0.726. The van der Waals surface area contributed by atoms with E-state index in [4.69, 9.17) is 5.26 Å². The molecular formula is C22H23N5O2. The Kier molecular flexibility index (Phi) is 5.56. The fraction of sp³-hybridized carbons (Fsp3) is 0.318. The molecule has 0 spiro atoms. The second-order valence-corrected chi connectivity index (χ2v) is 7.29. The van der Waals surface area contributed by atoms with Crippen LogP contribution in [0, 0.1) is 11.3 Å². The lowest BCUT2D eigenvalue weighted by Gasteiger charge is -2.33. The Labute approximate surface area is 169 Å². The van der Waals surface area contributed by atoms with E-state index < -0.39 is 0 Å². The van der Waals surface area contributed by atoms with E-state index in [1.807, 2.05) is 30.3 Å². The van der Waals surface area contributed by atoms with E-state index in [2.05, 4.69) is 20.4 Å². The van der Waals surface area contributed by atoms with Crippen LogP contribution in [-0.4, -0.2) is 57.6 Å². The van der Waals surface area contributed by atoms with Crippen molar-refractivity contribution in [3.63, 3.8) is 0 Å². The van der Waals surface area contributed by atoms with Gasteiger partial charge in [0.25, 0.3) is 0 Å². The zero-order chi connectivity index (χ0) is 20.2. The van der Waals surface area contributed by atoms with Gasteiger partial charge in [0.05, 0.1) is 18.2 Å². The van der Waals surface area contributed by atoms with Gasteiger partial charge in [-0.15, -0.1) is 10.2 Å². The number of rotatable bonds is 5. The summed E-state index contributed by atoms with van der Waals surface area (Å²) < 4.78 is 0. The van der Waals surface area contributed by atoms with E-state index in [0.29, 0.717) is 29.2 Å². The number of benzene rings is 2. The van der Waals surface area contributed by atoms with Crippen LogP contribution in [0.2, 0.25) is 0 Å². The lowest BCUT2D eigenvalue weighted by atomic mass is 10.0. The van der Waals surface area contributed by atoms with E-state index in [-0.39, 0.29) is 18.4 Å². The minimum absolute atomic E-state index is 0.0103. The summed E-state index contributed by atoms with van der Waals surface area (Å²) in [7, 11) is 0. The van der Waals surface area contributed by atoms with Crippen LogP contribution in [0.4, 0.5) is 5.82 Å². The molecule has 29 heavy (non-hydrogen) atoms. The van der Waals surface area contributed by atoms with Crippen LogP contribution in [0.3, 0.4) is 0 Å². The van der Waals surface area contributed by atoms with Crippen LogP contribution in [-0.2, 0) is 0 Å². The summed E-state index contributed by atoms with van der Waals surface area (Å²) in [6, 6.07) is 14.9. The van der Waals surface area contributed by atoms with Crippen molar-refractivity contribution in [3.05, 3.63) is 48.0 Å². The smallest absolute Gasteiger partial charge is 0.156 e. The number of hydrogen-bond donors (Lipinski definition) is 3. The molecule has 0 radical (unpaired) electrons. The SMILES string of the molecule is N#Cc1ccc(-c2nnc(N[C@@H]3CCCN(CCO)C3)c3ccccc23)c(O)c1. The number of aliphatic hydroxyl groups excluding tert-OH is 1. The predicted molar refractivity (Wildman–Crippen MR) is 112 cm³/mol. The van der Waals surface area contributed by atoms with Gasteiger partial charge in [0.15, 0.2) is 5.82 Å². The number of aromatic hydroxyl groups is 1. The molecule has 1 atom stereocenters. The highest BCUT2D eigenvalue weighted by Gasteiger charge is 2.21. The second-order valence-electron chi connectivity index (χ2n) is 7.29. The van der Waals surface area contributed by atoms with Crippen LogP contribution < -0.4 is 5.32 Å². The molecule has 0 aliphatic carbocycles. The highest BCUT2D eigenvalue weighted by atomic mass is 16.3. The molecule has 4 rings (SSSR count). The topological polar surface area (TPSA) is 105 Å². The molecule has 0 unspecified atom stereocenters. The first-order valence-corrected chi connectivity index (χ1v) is 9.78. The van der Waals surface area contributed by atoms with Crippen LogP contribution in [0.5, 0.6) is 5.75 Å². The van der Waals surface area contributed by atoms with Gasteiger partial charge in [0, 0.05) is 35.5 Å². The number of anilines is 1. The van der Waals surface area contributed by atoms with Gasteiger partial charge in [0.2, 0.25) is 0 Å². The average molecular weight is 389 g/mol. The molecule has 3 N–H and O–H groups in total. The van der Waals surface area contributed by atoms with Gasteiger partial charge in [-0.2, -0.15) is 5.26 Å². The number of phenols is 1. The zero-order valence-electron chi connectivity index (χ0n) is 16.0. The Morgan fingerprint density at radius 3 is 2.76 bits per heavy atom. The summed E-state index contributed by atoms with van der Waals surface area (Å²) in [6.07, 6.45) is 2.11. The maximum atomic E-state index is 10.4. The van der Waals surface area contributed by atoms with Crippen LogP contribution in [0.15, 0.2) is 42.5 Å². The number of likely N-dealkylation sites (tertiary alicyclic amines) is 1. The molecule has 1 fully saturated rings. The Hall–Kier alpha value is -3.21. The third-order valence-corrected chi connectivity index (χ3v) is 5.33. The zero-order valence-corrected chi connectivity index (χ0v) is 16.0. The van der Waals surface area contributed by atoms with Crippen molar-refractivity contribution >= 4 is 16.6 Å². The molecule has 0 amide bonds. The summed E-state index contributed by atoms with van der Waals surface area (Å²) in [6.45, 7) is 2.70. The Bertz CT molecular complexity index is 1060. The number of aliphatic hydroxyl groups is 1. The molecule has 2 aromatic carbocycles. The lowest BCUT2D eigenvalue weighted by molar-refractivity contribution is 0.166.